The number of nitrogens with zero attached hydrogens (tertiary/aromatic N) is 2. The standard InChI is InChI=1S/C12H12FN3O/c1-2-12-14-5-6-16(12)11-4-3-9(15-8-17)7-10(11)13/h3-8H,2H2,1H3,(H,15,17). The van der Waals surface area contributed by atoms with E-state index in [4.69, 9.17) is 0 Å². The first-order chi connectivity index (χ1) is 8.26. The van der Waals surface area contributed by atoms with Crippen LogP contribution >= 0.6 is 0 Å². The zero-order chi connectivity index (χ0) is 12.3. The van der Waals surface area contributed by atoms with E-state index >= 15 is 0 Å². The summed E-state index contributed by atoms with van der Waals surface area (Å²) in [4.78, 5) is 14.4. The van der Waals surface area contributed by atoms with Crippen LogP contribution in [0.1, 0.15) is 12.7 Å². The number of carbonyl (C=O) groups excluding carboxylic acids is 1. The molecule has 0 aliphatic rings. The molecule has 0 aliphatic carbocycles. The zero-order valence-electron chi connectivity index (χ0n) is 9.35. The van der Waals surface area contributed by atoms with Crippen LogP contribution < -0.4 is 5.32 Å². The predicted octanol–water partition coefficient (Wildman–Crippen LogP) is 2.14. The molecule has 1 aromatic carbocycles. The molecule has 0 saturated carbocycles. The first-order valence-corrected chi connectivity index (χ1v) is 5.28. The molecule has 17 heavy (non-hydrogen) atoms. The zero-order valence-corrected chi connectivity index (χ0v) is 9.35. The summed E-state index contributed by atoms with van der Waals surface area (Å²) < 4.78 is 15.5. The Morgan fingerprint density at radius 1 is 1.53 bits per heavy atom. The Labute approximate surface area is 98.1 Å². The van der Waals surface area contributed by atoms with Gasteiger partial charge >= 0.3 is 0 Å². The van der Waals surface area contributed by atoms with E-state index in [9.17, 15) is 9.18 Å². The van der Waals surface area contributed by atoms with Crippen LogP contribution in [0, 0.1) is 5.82 Å². The van der Waals surface area contributed by atoms with Crippen molar-refractivity contribution >= 4 is 12.1 Å². The maximum absolute atomic E-state index is 13.8. The van der Waals surface area contributed by atoms with Crippen LogP contribution in [-0.2, 0) is 11.2 Å². The van der Waals surface area contributed by atoms with Gasteiger partial charge in [0.15, 0.2) is 0 Å². The largest absolute Gasteiger partial charge is 0.329 e. The Kier molecular flexibility index (Phi) is 3.18. The number of anilines is 1. The van der Waals surface area contributed by atoms with E-state index in [1.54, 1.807) is 29.1 Å². The Morgan fingerprint density at radius 3 is 3.00 bits per heavy atom. The average Bonchev–Trinajstić information content (AvgIpc) is 2.77. The van der Waals surface area contributed by atoms with E-state index in [0.29, 0.717) is 17.8 Å². The SMILES string of the molecule is CCc1nccn1-c1ccc(NC=O)cc1F. The summed E-state index contributed by atoms with van der Waals surface area (Å²) in [6, 6.07) is 4.54. The Balaban J connectivity index is 2.43. The molecule has 1 heterocycles. The van der Waals surface area contributed by atoms with Gasteiger partial charge in [0.05, 0.1) is 5.69 Å². The van der Waals surface area contributed by atoms with Crippen LogP contribution in [0.25, 0.3) is 5.69 Å². The van der Waals surface area contributed by atoms with Gasteiger partial charge in [-0.05, 0) is 18.2 Å². The summed E-state index contributed by atoms with van der Waals surface area (Å²) in [6.07, 6.45) is 4.59. The lowest BCUT2D eigenvalue weighted by Gasteiger charge is -2.08. The smallest absolute Gasteiger partial charge is 0.211 e. The van der Waals surface area contributed by atoms with Crippen molar-refractivity contribution in [1.29, 1.82) is 0 Å². The fourth-order valence-electron chi connectivity index (χ4n) is 1.68. The molecular weight excluding hydrogens is 221 g/mol. The molecular formula is C12H12FN3O. The average molecular weight is 233 g/mol. The molecule has 0 atom stereocenters. The molecule has 0 radical (unpaired) electrons. The highest BCUT2D eigenvalue weighted by Crippen LogP contribution is 2.19. The molecule has 4 nitrogen and oxygen atoms in total. The molecule has 0 spiro atoms. The number of rotatable bonds is 4. The van der Waals surface area contributed by atoms with Crippen molar-refractivity contribution in [2.75, 3.05) is 5.32 Å². The lowest BCUT2D eigenvalue weighted by Crippen LogP contribution is -2.03. The number of benzene rings is 1. The van der Waals surface area contributed by atoms with Gasteiger partial charge in [-0.3, -0.25) is 4.79 Å². The summed E-state index contributed by atoms with van der Waals surface area (Å²) in [6.45, 7) is 1.96. The fraction of sp³-hybridized carbons (Fsp3) is 0.167. The third-order valence-corrected chi connectivity index (χ3v) is 2.47. The molecule has 5 heteroatoms. The molecule has 88 valence electrons. The lowest BCUT2D eigenvalue weighted by molar-refractivity contribution is -0.105. The van der Waals surface area contributed by atoms with Gasteiger partial charge in [-0.2, -0.15) is 0 Å². The normalized spacial score (nSPS) is 10.2. The number of aromatic nitrogens is 2. The summed E-state index contributed by atoms with van der Waals surface area (Å²) >= 11 is 0. The Morgan fingerprint density at radius 2 is 2.35 bits per heavy atom. The summed E-state index contributed by atoms with van der Waals surface area (Å²) in [7, 11) is 0. The second-order valence-electron chi connectivity index (χ2n) is 3.50. The molecule has 0 unspecified atom stereocenters. The van der Waals surface area contributed by atoms with Gasteiger partial charge in [0, 0.05) is 24.5 Å². The van der Waals surface area contributed by atoms with Crippen molar-refractivity contribution in [1.82, 2.24) is 9.55 Å². The van der Waals surface area contributed by atoms with Gasteiger partial charge in [-0.15, -0.1) is 0 Å². The minimum absolute atomic E-state index is 0.399. The number of carbonyl (C=O) groups is 1. The van der Waals surface area contributed by atoms with Crippen LogP contribution in [0.15, 0.2) is 30.6 Å². The number of hydrogen-bond acceptors (Lipinski definition) is 2. The quantitative estimate of drug-likeness (QED) is 0.822. The monoisotopic (exact) mass is 233 g/mol. The van der Waals surface area contributed by atoms with Crippen LogP contribution in [0.4, 0.5) is 10.1 Å². The molecule has 2 aromatic rings. The van der Waals surface area contributed by atoms with Crippen LogP contribution in [0.5, 0.6) is 0 Å². The van der Waals surface area contributed by atoms with Gasteiger partial charge < -0.3 is 9.88 Å². The van der Waals surface area contributed by atoms with Crippen LogP contribution in [0.3, 0.4) is 0 Å². The Bertz CT molecular complexity index is 536. The highest BCUT2D eigenvalue weighted by molar-refractivity contribution is 5.71. The van der Waals surface area contributed by atoms with Crippen LogP contribution in [-0.4, -0.2) is 16.0 Å². The number of imidazole rings is 1. The summed E-state index contributed by atoms with van der Waals surface area (Å²) in [5.74, 6) is 0.393. The van der Waals surface area contributed by atoms with Crippen molar-refractivity contribution < 1.29 is 9.18 Å². The Hall–Kier alpha value is -2.17. The lowest BCUT2D eigenvalue weighted by atomic mass is 10.2. The minimum atomic E-state index is -0.399. The predicted molar refractivity (Wildman–Crippen MR) is 62.6 cm³/mol. The second-order valence-corrected chi connectivity index (χ2v) is 3.50. The number of halogens is 1. The maximum Gasteiger partial charge on any atom is 0.211 e. The van der Waals surface area contributed by atoms with Crippen molar-refractivity contribution in [3.05, 3.63) is 42.2 Å². The van der Waals surface area contributed by atoms with E-state index in [0.717, 1.165) is 12.2 Å². The highest BCUT2D eigenvalue weighted by atomic mass is 19.1. The van der Waals surface area contributed by atoms with Gasteiger partial charge in [0.25, 0.3) is 0 Å². The number of hydrogen-bond donors (Lipinski definition) is 1. The fourth-order valence-corrected chi connectivity index (χ4v) is 1.68. The van der Waals surface area contributed by atoms with Gasteiger partial charge in [0.1, 0.15) is 11.6 Å². The third kappa shape index (κ3) is 2.18. The first kappa shape index (κ1) is 11.3. The molecule has 1 N–H and O–H groups in total. The van der Waals surface area contributed by atoms with Crippen molar-refractivity contribution in [3.63, 3.8) is 0 Å². The van der Waals surface area contributed by atoms with E-state index in [1.807, 2.05) is 6.92 Å². The van der Waals surface area contributed by atoms with Crippen molar-refractivity contribution in [2.24, 2.45) is 0 Å². The van der Waals surface area contributed by atoms with E-state index < -0.39 is 5.82 Å². The number of nitrogens with one attached hydrogen (secondary N) is 1. The summed E-state index contributed by atoms with van der Waals surface area (Å²) in [5, 5.41) is 2.40. The molecule has 2 rings (SSSR count). The van der Waals surface area contributed by atoms with Crippen LogP contribution in [0.2, 0.25) is 0 Å². The second kappa shape index (κ2) is 4.78. The minimum Gasteiger partial charge on any atom is -0.329 e. The summed E-state index contributed by atoms with van der Waals surface area (Å²) in [5.41, 5.74) is 0.857. The number of amides is 1. The molecule has 0 saturated heterocycles. The van der Waals surface area contributed by atoms with Crippen molar-refractivity contribution in [3.8, 4) is 5.69 Å². The van der Waals surface area contributed by atoms with E-state index in [1.165, 1.54) is 6.07 Å². The van der Waals surface area contributed by atoms with E-state index in [-0.39, 0.29) is 0 Å². The molecule has 1 aromatic heterocycles. The topological polar surface area (TPSA) is 46.9 Å². The van der Waals surface area contributed by atoms with Gasteiger partial charge in [0.2, 0.25) is 6.41 Å². The van der Waals surface area contributed by atoms with Gasteiger partial charge in [-0.25, -0.2) is 9.37 Å². The molecule has 0 aliphatic heterocycles. The van der Waals surface area contributed by atoms with Gasteiger partial charge in [-0.1, -0.05) is 6.92 Å². The number of aryl methyl sites for hydroxylation is 1. The van der Waals surface area contributed by atoms with E-state index in [2.05, 4.69) is 10.3 Å². The molecule has 1 amide bonds. The molecule has 0 bridgehead atoms. The first-order valence-electron chi connectivity index (χ1n) is 5.28. The maximum atomic E-state index is 13.8. The van der Waals surface area contributed by atoms with Crippen molar-refractivity contribution in [2.45, 2.75) is 13.3 Å². The third-order valence-electron chi connectivity index (χ3n) is 2.47. The highest BCUT2D eigenvalue weighted by Gasteiger charge is 2.08. The molecule has 0 fully saturated rings.